The van der Waals surface area contributed by atoms with Gasteiger partial charge in [0.2, 0.25) is 0 Å². The lowest BCUT2D eigenvalue weighted by molar-refractivity contribution is 0.187. The van der Waals surface area contributed by atoms with E-state index in [2.05, 4.69) is 10.6 Å². The molecule has 2 amide bonds. The van der Waals surface area contributed by atoms with Crippen molar-refractivity contribution in [3.8, 4) is 0 Å². The van der Waals surface area contributed by atoms with Crippen LogP contribution in [-0.4, -0.2) is 23.8 Å². The third-order valence-electron chi connectivity index (χ3n) is 1.92. The lowest BCUT2D eigenvalue weighted by Gasteiger charge is -2.08. The number of aliphatic hydroxyl groups is 1. The summed E-state index contributed by atoms with van der Waals surface area (Å²) in [6.07, 6.45) is -0.573. The summed E-state index contributed by atoms with van der Waals surface area (Å²) in [6.45, 7) is 2.11. The zero-order valence-corrected chi connectivity index (χ0v) is 9.03. The van der Waals surface area contributed by atoms with Gasteiger partial charge in [0.05, 0.1) is 6.10 Å². The fourth-order valence-electron chi connectivity index (χ4n) is 1.09. The predicted molar refractivity (Wildman–Crippen MR) is 58.3 cm³/mol. The second kappa shape index (κ2) is 6.07. The molecule has 3 N–H and O–H groups in total. The first-order valence-corrected chi connectivity index (χ1v) is 5.02. The minimum absolute atomic E-state index is 0.204. The fourth-order valence-corrected chi connectivity index (χ4v) is 1.09. The summed E-state index contributed by atoms with van der Waals surface area (Å²) in [7, 11) is 0. The molecule has 0 aliphatic rings. The standard InChI is InChI=1S/C11H15FN2O2/c1-8(15)6-13-11(16)14-7-9-2-4-10(12)5-3-9/h2-5,8,15H,6-7H2,1H3,(H2,13,14,16). The maximum Gasteiger partial charge on any atom is 0.315 e. The topological polar surface area (TPSA) is 61.4 Å². The highest BCUT2D eigenvalue weighted by Crippen LogP contribution is 2.01. The fraction of sp³-hybridized carbons (Fsp3) is 0.364. The van der Waals surface area contributed by atoms with Crippen molar-refractivity contribution < 1.29 is 14.3 Å². The van der Waals surface area contributed by atoms with Gasteiger partial charge in [-0.3, -0.25) is 0 Å². The van der Waals surface area contributed by atoms with Crippen LogP contribution in [0.4, 0.5) is 9.18 Å². The van der Waals surface area contributed by atoms with Gasteiger partial charge in [0.25, 0.3) is 0 Å². The average molecular weight is 226 g/mol. The van der Waals surface area contributed by atoms with Crippen molar-refractivity contribution in [1.82, 2.24) is 10.6 Å². The maximum atomic E-state index is 12.6. The number of nitrogens with one attached hydrogen (secondary N) is 2. The number of urea groups is 1. The van der Waals surface area contributed by atoms with Crippen LogP contribution in [0, 0.1) is 5.82 Å². The van der Waals surface area contributed by atoms with Crippen molar-refractivity contribution in [2.24, 2.45) is 0 Å². The highest BCUT2D eigenvalue weighted by atomic mass is 19.1. The summed E-state index contributed by atoms with van der Waals surface area (Å²) in [4.78, 5) is 11.2. The van der Waals surface area contributed by atoms with Crippen molar-refractivity contribution in [2.75, 3.05) is 6.54 Å². The maximum absolute atomic E-state index is 12.6. The molecule has 4 nitrogen and oxygen atoms in total. The minimum Gasteiger partial charge on any atom is -0.392 e. The van der Waals surface area contributed by atoms with Crippen LogP contribution in [-0.2, 0) is 6.54 Å². The number of halogens is 1. The van der Waals surface area contributed by atoms with Gasteiger partial charge >= 0.3 is 6.03 Å². The zero-order valence-electron chi connectivity index (χ0n) is 9.03. The van der Waals surface area contributed by atoms with Crippen LogP contribution >= 0.6 is 0 Å². The highest BCUT2D eigenvalue weighted by Gasteiger charge is 2.01. The largest absolute Gasteiger partial charge is 0.392 e. The van der Waals surface area contributed by atoms with E-state index in [0.717, 1.165) is 5.56 Å². The van der Waals surface area contributed by atoms with Gasteiger partial charge < -0.3 is 15.7 Å². The van der Waals surface area contributed by atoms with Crippen LogP contribution in [0.3, 0.4) is 0 Å². The van der Waals surface area contributed by atoms with Gasteiger partial charge in [0.1, 0.15) is 5.82 Å². The van der Waals surface area contributed by atoms with Gasteiger partial charge in [-0.05, 0) is 24.6 Å². The van der Waals surface area contributed by atoms with Crippen LogP contribution < -0.4 is 10.6 Å². The van der Waals surface area contributed by atoms with E-state index in [1.165, 1.54) is 12.1 Å². The summed E-state index contributed by atoms with van der Waals surface area (Å²) < 4.78 is 12.6. The lowest BCUT2D eigenvalue weighted by Crippen LogP contribution is -2.38. The first kappa shape index (κ1) is 12.4. The molecule has 0 spiro atoms. The van der Waals surface area contributed by atoms with Gasteiger partial charge in [0, 0.05) is 13.1 Å². The van der Waals surface area contributed by atoms with Crippen molar-refractivity contribution >= 4 is 6.03 Å². The third kappa shape index (κ3) is 4.75. The number of carbonyl (C=O) groups is 1. The molecule has 0 heterocycles. The van der Waals surface area contributed by atoms with Crippen LogP contribution in [0.5, 0.6) is 0 Å². The van der Waals surface area contributed by atoms with E-state index in [-0.39, 0.29) is 18.4 Å². The van der Waals surface area contributed by atoms with Gasteiger partial charge in [0.15, 0.2) is 0 Å². The number of carbonyl (C=O) groups excluding carboxylic acids is 1. The molecule has 1 atom stereocenters. The van der Waals surface area contributed by atoms with Crippen LogP contribution in [0.15, 0.2) is 24.3 Å². The quantitative estimate of drug-likeness (QED) is 0.717. The second-order valence-electron chi connectivity index (χ2n) is 3.54. The molecular weight excluding hydrogens is 211 g/mol. The molecule has 0 bridgehead atoms. The summed E-state index contributed by atoms with van der Waals surface area (Å²) in [5.41, 5.74) is 0.814. The van der Waals surface area contributed by atoms with Gasteiger partial charge in [-0.2, -0.15) is 0 Å². The van der Waals surface area contributed by atoms with Crippen molar-refractivity contribution in [3.05, 3.63) is 35.6 Å². The Morgan fingerprint density at radius 3 is 2.56 bits per heavy atom. The molecule has 0 aliphatic heterocycles. The molecule has 0 aromatic heterocycles. The number of aliphatic hydroxyl groups excluding tert-OH is 1. The number of benzene rings is 1. The monoisotopic (exact) mass is 226 g/mol. The van der Waals surface area contributed by atoms with Crippen molar-refractivity contribution in [1.29, 1.82) is 0 Å². The van der Waals surface area contributed by atoms with E-state index in [9.17, 15) is 9.18 Å². The van der Waals surface area contributed by atoms with Crippen molar-refractivity contribution in [3.63, 3.8) is 0 Å². The summed E-state index contributed by atoms with van der Waals surface area (Å²) in [6, 6.07) is 5.52. The van der Waals surface area contributed by atoms with Gasteiger partial charge in [-0.25, -0.2) is 9.18 Å². The van der Waals surface area contributed by atoms with E-state index in [4.69, 9.17) is 5.11 Å². The molecule has 5 heteroatoms. The second-order valence-corrected chi connectivity index (χ2v) is 3.54. The smallest absolute Gasteiger partial charge is 0.315 e. The third-order valence-corrected chi connectivity index (χ3v) is 1.92. The van der Waals surface area contributed by atoms with Crippen LogP contribution in [0.25, 0.3) is 0 Å². The molecule has 16 heavy (non-hydrogen) atoms. The van der Waals surface area contributed by atoms with E-state index in [0.29, 0.717) is 6.54 Å². The minimum atomic E-state index is -0.573. The molecule has 88 valence electrons. The SMILES string of the molecule is CC(O)CNC(=O)NCc1ccc(F)cc1. The number of rotatable bonds is 4. The Balaban J connectivity index is 2.29. The summed E-state index contributed by atoms with van der Waals surface area (Å²) >= 11 is 0. The highest BCUT2D eigenvalue weighted by molar-refractivity contribution is 5.73. The molecule has 1 rings (SSSR count). The van der Waals surface area contributed by atoms with Crippen LogP contribution in [0.2, 0.25) is 0 Å². The van der Waals surface area contributed by atoms with E-state index in [1.807, 2.05) is 0 Å². The average Bonchev–Trinajstić information content (AvgIpc) is 2.25. The summed E-state index contributed by atoms with van der Waals surface area (Å²) in [5.74, 6) is -0.303. The Kier molecular flexibility index (Phi) is 4.72. The molecule has 0 aliphatic carbocycles. The Morgan fingerprint density at radius 2 is 2.00 bits per heavy atom. The Hall–Kier alpha value is -1.62. The van der Waals surface area contributed by atoms with Crippen molar-refractivity contribution in [2.45, 2.75) is 19.6 Å². The zero-order chi connectivity index (χ0) is 12.0. The molecule has 0 saturated heterocycles. The molecule has 1 unspecified atom stereocenters. The number of hydrogen-bond acceptors (Lipinski definition) is 2. The molecule has 1 aromatic carbocycles. The molecule has 1 aromatic rings. The first-order chi connectivity index (χ1) is 7.58. The Labute approximate surface area is 93.5 Å². The predicted octanol–water partition coefficient (Wildman–Crippen LogP) is 1.01. The molecular formula is C11H15FN2O2. The van der Waals surface area contributed by atoms with Gasteiger partial charge in [-0.1, -0.05) is 12.1 Å². The first-order valence-electron chi connectivity index (χ1n) is 5.02. The van der Waals surface area contributed by atoms with Gasteiger partial charge in [-0.15, -0.1) is 0 Å². The van der Waals surface area contributed by atoms with E-state index in [1.54, 1.807) is 19.1 Å². The van der Waals surface area contributed by atoms with E-state index < -0.39 is 6.10 Å². The number of amides is 2. The normalized spacial score (nSPS) is 11.9. The summed E-state index contributed by atoms with van der Waals surface area (Å²) in [5, 5.41) is 14.0. The number of hydrogen-bond donors (Lipinski definition) is 3. The Morgan fingerprint density at radius 1 is 1.38 bits per heavy atom. The molecule has 0 fully saturated rings. The Bertz CT molecular complexity index is 338. The molecule has 0 radical (unpaired) electrons. The molecule has 0 saturated carbocycles. The van der Waals surface area contributed by atoms with E-state index >= 15 is 0 Å². The lowest BCUT2D eigenvalue weighted by atomic mass is 10.2. The van der Waals surface area contributed by atoms with Crippen LogP contribution in [0.1, 0.15) is 12.5 Å².